The maximum atomic E-state index is 9.16. The molecule has 0 saturated carbocycles. The van der Waals surface area contributed by atoms with E-state index in [4.69, 9.17) is 5.26 Å². The van der Waals surface area contributed by atoms with E-state index in [0.717, 1.165) is 13.1 Å². The molecule has 0 aliphatic carbocycles. The minimum Gasteiger partial charge on any atom is -0.369 e. The number of nitrogens with zero attached hydrogens (tertiary/aromatic N) is 3. The molecule has 1 fully saturated rings. The van der Waals surface area contributed by atoms with E-state index in [1.54, 1.807) is 18.3 Å². The Morgan fingerprint density at radius 2 is 2.36 bits per heavy atom. The molecule has 0 bridgehead atoms. The first-order valence-corrected chi connectivity index (χ1v) is 8.50. The second-order valence-electron chi connectivity index (χ2n) is 5.74. The molecule has 0 radical (unpaired) electrons. The predicted molar refractivity (Wildman–Crippen MR) is 89.9 cm³/mol. The summed E-state index contributed by atoms with van der Waals surface area (Å²) < 4.78 is 0. The fraction of sp³-hybridized carbons (Fsp3) is 0.412. The van der Waals surface area contributed by atoms with Gasteiger partial charge in [-0.2, -0.15) is 5.26 Å². The number of hydrogen-bond donors (Lipinski definition) is 1. The Hall–Kier alpha value is -1.90. The van der Waals surface area contributed by atoms with Crippen molar-refractivity contribution in [3.05, 3.63) is 46.3 Å². The first-order chi connectivity index (χ1) is 10.8. The number of nitrogens with one attached hydrogen (secondary N) is 1. The van der Waals surface area contributed by atoms with Crippen molar-refractivity contribution >= 4 is 17.2 Å². The molecule has 114 valence electrons. The number of nitriles is 1. The molecule has 0 spiro atoms. The third-order valence-electron chi connectivity index (χ3n) is 4.30. The largest absolute Gasteiger partial charge is 0.369 e. The second-order valence-corrected chi connectivity index (χ2v) is 6.71. The van der Waals surface area contributed by atoms with Crippen LogP contribution in [0.5, 0.6) is 0 Å². The molecule has 5 heteroatoms. The average Bonchev–Trinajstić information content (AvgIpc) is 3.07. The van der Waals surface area contributed by atoms with E-state index >= 15 is 0 Å². The molecular formula is C17H20N4S. The highest BCUT2D eigenvalue weighted by atomic mass is 32.1. The summed E-state index contributed by atoms with van der Waals surface area (Å²) in [5, 5.41) is 14.7. The van der Waals surface area contributed by atoms with Gasteiger partial charge in [-0.1, -0.05) is 6.07 Å². The van der Waals surface area contributed by atoms with Gasteiger partial charge < -0.3 is 5.32 Å². The lowest BCUT2D eigenvalue weighted by Gasteiger charge is -2.39. The average molecular weight is 312 g/mol. The summed E-state index contributed by atoms with van der Waals surface area (Å²) >= 11 is 1.83. The summed E-state index contributed by atoms with van der Waals surface area (Å²) in [4.78, 5) is 8.17. The van der Waals surface area contributed by atoms with Crippen molar-refractivity contribution in [2.24, 2.45) is 5.92 Å². The van der Waals surface area contributed by atoms with Crippen molar-refractivity contribution in [3.63, 3.8) is 0 Å². The summed E-state index contributed by atoms with van der Waals surface area (Å²) in [7, 11) is 2.21. The number of aromatic nitrogens is 1. The zero-order valence-corrected chi connectivity index (χ0v) is 13.5. The second kappa shape index (κ2) is 6.91. The summed E-state index contributed by atoms with van der Waals surface area (Å²) in [5.74, 6) is 1.23. The van der Waals surface area contributed by atoms with Crippen LogP contribution in [-0.4, -0.2) is 30.0 Å². The van der Waals surface area contributed by atoms with Crippen LogP contribution in [0.25, 0.3) is 0 Å². The Morgan fingerprint density at radius 3 is 3.14 bits per heavy atom. The molecule has 3 rings (SSSR count). The van der Waals surface area contributed by atoms with Gasteiger partial charge in [0.1, 0.15) is 11.9 Å². The molecule has 1 aliphatic heterocycles. The monoisotopic (exact) mass is 312 g/mol. The Bertz CT molecular complexity index is 647. The first kappa shape index (κ1) is 15.0. The van der Waals surface area contributed by atoms with Gasteiger partial charge >= 0.3 is 0 Å². The van der Waals surface area contributed by atoms with Crippen LogP contribution < -0.4 is 5.32 Å². The van der Waals surface area contributed by atoms with Crippen LogP contribution in [0.2, 0.25) is 0 Å². The third kappa shape index (κ3) is 3.13. The van der Waals surface area contributed by atoms with Crippen LogP contribution in [-0.2, 0) is 0 Å². The standard InChI is InChI=1S/C17H20N4S/c1-21-9-3-6-14(16(21)15-7-4-10-22-15)12-20-17-13(11-18)5-2-8-19-17/h2,4-5,7-8,10,14,16H,3,6,9,12H2,1H3,(H,19,20)/t14-,16-/m1/s1. The van der Waals surface area contributed by atoms with Crippen molar-refractivity contribution in [2.45, 2.75) is 18.9 Å². The number of likely N-dealkylation sites (tertiary alicyclic amines) is 1. The molecular weight excluding hydrogens is 292 g/mol. The fourth-order valence-corrected chi connectivity index (χ4v) is 4.23. The highest BCUT2D eigenvalue weighted by molar-refractivity contribution is 7.10. The highest BCUT2D eigenvalue weighted by Gasteiger charge is 2.31. The van der Waals surface area contributed by atoms with Crippen LogP contribution in [0, 0.1) is 17.2 Å². The SMILES string of the molecule is CN1CCC[C@H](CNc2ncccc2C#N)[C@@H]1c1cccs1. The Morgan fingerprint density at radius 1 is 1.45 bits per heavy atom. The minimum absolute atomic E-state index is 0.454. The molecule has 2 aromatic heterocycles. The van der Waals surface area contributed by atoms with Gasteiger partial charge in [-0.05, 0) is 55.9 Å². The third-order valence-corrected chi connectivity index (χ3v) is 5.24. The van der Waals surface area contributed by atoms with Gasteiger partial charge in [-0.3, -0.25) is 4.90 Å². The normalized spacial score (nSPS) is 22.2. The van der Waals surface area contributed by atoms with Gasteiger partial charge in [0.15, 0.2) is 0 Å². The molecule has 1 aliphatic rings. The van der Waals surface area contributed by atoms with Crippen molar-refractivity contribution in [2.75, 3.05) is 25.5 Å². The lowest BCUT2D eigenvalue weighted by Crippen LogP contribution is -2.38. The van der Waals surface area contributed by atoms with E-state index < -0.39 is 0 Å². The van der Waals surface area contributed by atoms with Crippen LogP contribution >= 0.6 is 11.3 Å². The number of hydrogen-bond acceptors (Lipinski definition) is 5. The molecule has 0 amide bonds. The van der Waals surface area contributed by atoms with E-state index in [2.05, 4.69) is 45.8 Å². The summed E-state index contributed by atoms with van der Waals surface area (Å²) in [6.07, 6.45) is 4.15. The molecule has 1 N–H and O–H groups in total. The van der Waals surface area contributed by atoms with Gasteiger partial charge in [0.2, 0.25) is 0 Å². The molecule has 3 heterocycles. The number of pyridine rings is 1. The van der Waals surface area contributed by atoms with Crippen LogP contribution in [0.4, 0.5) is 5.82 Å². The fourth-order valence-electron chi connectivity index (χ4n) is 3.25. The Labute approximate surface area is 135 Å². The van der Waals surface area contributed by atoms with Gasteiger partial charge in [0.05, 0.1) is 5.56 Å². The first-order valence-electron chi connectivity index (χ1n) is 7.62. The highest BCUT2D eigenvalue weighted by Crippen LogP contribution is 2.37. The van der Waals surface area contributed by atoms with E-state index in [-0.39, 0.29) is 0 Å². The molecule has 0 aromatic carbocycles. The van der Waals surface area contributed by atoms with E-state index in [1.807, 2.05) is 11.3 Å². The minimum atomic E-state index is 0.454. The van der Waals surface area contributed by atoms with Crippen LogP contribution in [0.3, 0.4) is 0 Å². The summed E-state index contributed by atoms with van der Waals surface area (Å²) in [6, 6.07) is 10.6. The van der Waals surface area contributed by atoms with Crippen molar-refractivity contribution in [1.82, 2.24) is 9.88 Å². The Balaban J connectivity index is 1.74. The molecule has 4 nitrogen and oxygen atoms in total. The van der Waals surface area contributed by atoms with Crippen LogP contribution in [0.15, 0.2) is 35.8 Å². The van der Waals surface area contributed by atoms with Gasteiger partial charge in [0, 0.05) is 23.7 Å². The number of anilines is 1. The number of piperidine rings is 1. The number of rotatable bonds is 4. The van der Waals surface area contributed by atoms with Crippen molar-refractivity contribution < 1.29 is 0 Å². The van der Waals surface area contributed by atoms with E-state index in [0.29, 0.717) is 23.3 Å². The van der Waals surface area contributed by atoms with Crippen LogP contribution in [0.1, 0.15) is 29.3 Å². The van der Waals surface area contributed by atoms with Crippen molar-refractivity contribution in [1.29, 1.82) is 5.26 Å². The molecule has 0 unspecified atom stereocenters. The zero-order valence-electron chi connectivity index (χ0n) is 12.7. The molecule has 22 heavy (non-hydrogen) atoms. The molecule has 2 atom stereocenters. The quantitative estimate of drug-likeness (QED) is 0.938. The maximum Gasteiger partial charge on any atom is 0.143 e. The number of thiophene rings is 1. The lowest BCUT2D eigenvalue weighted by atomic mass is 9.88. The topological polar surface area (TPSA) is 52.0 Å². The molecule has 2 aromatic rings. The maximum absolute atomic E-state index is 9.16. The van der Waals surface area contributed by atoms with E-state index in [9.17, 15) is 0 Å². The summed E-state index contributed by atoms with van der Waals surface area (Å²) in [5.41, 5.74) is 0.610. The molecule has 1 saturated heterocycles. The van der Waals surface area contributed by atoms with E-state index in [1.165, 1.54) is 17.7 Å². The van der Waals surface area contributed by atoms with Gasteiger partial charge in [-0.25, -0.2) is 4.98 Å². The van der Waals surface area contributed by atoms with Crippen molar-refractivity contribution in [3.8, 4) is 6.07 Å². The Kier molecular flexibility index (Phi) is 4.71. The lowest BCUT2D eigenvalue weighted by molar-refractivity contribution is 0.130. The van der Waals surface area contributed by atoms with Gasteiger partial charge in [-0.15, -0.1) is 11.3 Å². The smallest absolute Gasteiger partial charge is 0.143 e. The summed E-state index contributed by atoms with van der Waals surface area (Å²) in [6.45, 7) is 1.99. The zero-order chi connectivity index (χ0) is 15.4. The predicted octanol–water partition coefficient (Wildman–Crippen LogP) is 3.51. The van der Waals surface area contributed by atoms with Gasteiger partial charge in [0.25, 0.3) is 0 Å².